The van der Waals surface area contributed by atoms with Crippen LogP contribution in [0, 0.1) is 0 Å². The zero-order valence-corrected chi connectivity index (χ0v) is 10.7. The van der Waals surface area contributed by atoms with Crippen LogP contribution in [0.5, 0.6) is 0 Å². The third-order valence-electron chi connectivity index (χ3n) is 3.78. The summed E-state index contributed by atoms with van der Waals surface area (Å²) in [6.07, 6.45) is 1.26. The highest BCUT2D eigenvalue weighted by Crippen LogP contribution is 2.39. The summed E-state index contributed by atoms with van der Waals surface area (Å²) in [5.41, 5.74) is 1.14. The van der Waals surface area contributed by atoms with Crippen LogP contribution in [0.3, 0.4) is 0 Å². The van der Waals surface area contributed by atoms with Crippen LogP contribution in [0.1, 0.15) is 6.42 Å². The third kappa shape index (κ3) is 1.64. The molecular weight excluding hydrogens is 234 g/mol. The van der Waals surface area contributed by atoms with E-state index in [9.17, 15) is 0 Å². The van der Waals surface area contributed by atoms with Crippen LogP contribution in [0.2, 0.25) is 0 Å². The molecule has 2 heteroatoms. The molecule has 19 heavy (non-hydrogen) atoms. The van der Waals surface area contributed by atoms with Crippen LogP contribution in [0.15, 0.2) is 59.0 Å². The van der Waals surface area contributed by atoms with Gasteiger partial charge in [0, 0.05) is 29.4 Å². The van der Waals surface area contributed by atoms with Gasteiger partial charge in [0.1, 0.15) is 5.76 Å². The molecule has 0 unspecified atom stereocenters. The number of nitrogens with zero attached hydrogens (tertiary/aromatic N) is 1. The number of fused-ring (bicyclic) bond motifs is 1. The summed E-state index contributed by atoms with van der Waals surface area (Å²) in [6, 6.07) is 18.8. The fraction of sp³-hybridized carbons (Fsp3) is 0.176. The summed E-state index contributed by atoms with van der Waals surface area (Å²) in [7, 11) is 0. The van der Waals surface area contributed by atoms with Crippen molar-refractivity contribution in [3.05, 3.63) is 54.6 Å². The second kappa shape index (κ2) is 4.16. The highest BCUT2D eigenvalue weighted by atomic mass is 16.4. The normalized spacial score (nSPS) is 14.6. The van der Waals surface area contributed by atoms with Gasteiger partial charge < -0.3 is 9.32 Å². The largest absolute Gasteiger partial charge is 0.439 e. The molecule has 2 heterocycles. The van der Waals surface area contributed by atoms with Gasteiger partial charge >= 0.3 is 0 Å². The quantitative estimate of drug-likeness (QED) is 0.673. The molecule has 1 fully saturated rings. The predicted octanol–water partition coefficient (Wildman–Crippen LogP) is 4.31. The van der Waals surface area contributed by atoms with E-state index in [1.165, 1.54) is 17.2 Å². The lowest BCUT2D eigenvalue weighted by Crippen LogP contribution is -2.36. The molecule has 2 aromatic carbocycles. The van der Waals surface area contributed by atoms with Crippen LogP contribution >= 0.6 is 0 Å². The number of rotatable bonds is 2. The van der Waals surface area contributed by atoms with Crippen LogP contribution in [-0.2, 0) is 0 Å². The third-order valence-corrected chi connectivity index (χ3v) is 3.78. The van der Waals surface area contributed by atoms with Crippen LogP contribution in [0.4, 0.5) is 5.88 Å². The van der Waals surface area contributed by atoms with Crippen molar-refractivity contribution >= 4 is 16.7 Å². The van der Waals surface area contributed by atoms with Gasteiger partial charge in [-0.3, -0.25) is 0 Å². The Morgan fingerprint density at radius 1 is 0.789 bits per heavy atom. The Hall–Kier alpha value is -2.22. The summed E-state index contributed by atoms with van der Waals surface area (Å²) in [4.78, 5) is 2.31. The zero-order chi connectivity index (χ0) is 12.7. The van der Waals surface area contributed by atoms with E-state index in [2.05, 4.69) is 53.4 Å². The van der Waals surface area contributed by atoms with Crippen molar-refractivity contribution in [3.8, 4) is 11.3 Å². The molecule has 1 saturated heterocycles. The van der Waals surface area contributed by atoms with Gasteiger partial charge in [0.25, 0.3) is 0 Å². The lowest BCUT2D eigenvalue weighted by Gasteiger charge is -2.30. The molecular formula is C17H15NO. The molecule has 2 nitrogen and oxygen atoms in total. The topological polar surface area (TPSA) is 16.4 Å². The Balaban J connectivity index is 1.96. The van der Waals surface area contributed by atoms with Crippen LogP contribution in [0.25, 0.3) is 22.1 Å². The molecule has 0 amide bonds. The van der Waals surface area contributed by atoms with E-state index in [0.717, 1.165) is 30.3 Å². The van der Waals surface area contributed by atoms with Crippen molar-refractivity contribution in [2.24, 2.45) is 0 Å². The first-order chi connectivity index (χ1) is 9.43. The van der Waals surface area contributed by atoms with E-state index in [4.69, 9.17) is 4.42 Å². The monoisotopic (exact) mass is 249 g/mol. The van der Waals surface area contributed by atoms with E-state index >= 15 is 0 Å². The highest BCUT2D eigenvalue weighted by molar-refractivity contribution is 6.01. The average molecular weight is 249 g/mol. The molecule has 0 atom stereocenters. The van der Waals surface area contributed by atoms with Gasteiger partial charge in [0.2, 0.25) is 5.88 Å². The van der Waals surface area contributed by atoms with Crippen molar-refractivity contribution in [2.45, 2.75) is 6.42 Å². The number of anilines is 1. The van der Waals surface area contributed by atoms with Gasteiger partial charge in [0.15, 0.2) is 0 Å². The lowest BCUT2D eigenvalue weighted by molar-refractivity contribution is 0.511. The SMILES string of the molecule is c1ccc(-c2oc(N3CCC3)c3ccccc23)cc1. The van der Waals surface area contributed by atoms with E-state index in [-0.39, 0.29) is 0 Å². The Morgan fingerprint density at radius 3 is 2.16 bits per heavy atom. The smallest absolute Gasteiger partial charge is 0.204 e. The van der Waals surface area contributed by atoms with Crippen LogP contribution < -0.4 is 4.90 Å². The molecule has 4 rings (SSSR count). The molecule has 0 aliphatic carbocycles. The fourth-order valence-corrected chi connectivity index (χ4v) is 2.63. The summed E-state index contributed by atoms with van der Waals surface area (Å²) < 4.78 is 6.18. The van der Waals surface area contributed by atoms with Gasteiger partial charge in [-0.05, 0) is 12.5 Å². The van der Waals surface area contributed by atoms with Crippen molar-refractivity contribution in [3.63, 3.8) is 0 Å². The van der Waals surface area contributed by atoms with E-state index in [1.807, 2.05) is 6.07 Å². The first kappa shape index (κ1) is 10.7. The Morgan fingerprint density at radius 2 is 1.47 bits per heavy atom. The van der Waals surface area contributed by atoms with Crippen molar-refractivity contribution in [1.82, 2.24) is 0 Å². The summed E-state index contributed by atoms with van der Waals surface area (Å²) in [5, 5.41) is 2.43. The van der Waals surface area contributed by atoms with Gasteiger partial charge in [0.05, 0.1) is 0 Å². The van der Waals surface area contributed by atoms with Gasteiger partial charge in [-0.25, -0.2) is 0 Å². The highest BCUT2D eigenvalue weighted by Gasteiger charge is 2.22. The minimum Gasteiger partial charge on any atom is -0.439 e. The number of hydrogen-bond donors (Lipinski definition) is 0. The maximum Gasteiger partial charge on any atom is 0.204 e. The number of furan rings is 1. The maximum atomic E-state index is 6.18. The molecule has 0 radical (unpaired) electrons. The predicted molar refractivity (Wildman–Crippen MR) is 78.5 cm³/mol. The summed E-state index contributed by atoms with van der Waals surface area (Å²) in [5.74, 6) is 2.01. The van der Waals surface area contributed by atoms with Crippen molar-refractivity contribution < 1.29 is 4.42 Å². The van der Waals surface area contributed by atoms with Crippen molar-refractivity contribution in [1.29, 1.82) is 0 Å². The molecule has 1 aliphatic heterocycles. The van der Waals surface area contributed by atoms with Gasteiger partial charge in [-0.1, -0.05) is 48.5 Å². The maximum absolute atomic E-state index is 6.18. The molecule has 0 bridgehead atoms. The fourth-order valence-electron chi connectivity index (χ4n) is 2.63. The average Bonchev–Trinajstić information content (AvgIpc) is 2.78. The Kier molecular flexibility index (Phi) is 2.34. The minimum absolute atomic E-state index is 0.984. The summed E-state index contributed by atoms with van der Waals surface area (Å²) >= 11 is 0. The second-order valence-corrected chi connectivity index (χ2v) is 4.99. The minimum atomic E-state index is 0.984. The number of benzene rings is 2. The molecule has 3 aromatic rings. The molecule has 94 valence electrons. The lowest BCUT2D eigenvalue weighted by atomic mass is 10.1. The molecule has 0 spiro atoms. The molecule has 0 saturated carbocycles. The van der Waals surface area contributed by atoms with Crippen molar-refractivity contribution in [2.75, 3.05) is 18.0 Å². The van der Waals surface area contributed by atoms with Crippen LogP contribution in [-0.4, -0.2) is 13.1 Å². The standard InChI is InChI=1S/C17H15NO/c1-2-7-13(8-3-1)16-14-9-4-5-10-15(14)17(19-16)18-11-6-12-18/h1-5,7-10H,6,11-12H2. The van der Waals surface area contributed by atoms with E-state index in [0.29, 0.717) is 0 Å². The zero-order valence-electron chi connectivity index (χ0n) is 10.7. The molecule has 1 aromatic heterocycles. The molecule has 0 N–H and O–H groups in total. The number of hydrogen-bond acceptors (Lipinski definition) is 2. The Labute approximate surface area is 112 Å². The molecule has 1 aliphatic rings. The second-order valence-electron chi connectivity index (χ2n) is 4.99. The van der Waals surface area contributed by atoms with E-state index in [1.54, 1.807) is 0 Å². The Bertz CT molecular complexity index is 710. The van der Waals surface area contributed by atoms with Gasteiger partial charge in [-0.15, -0.1) is 0 Å². The first-order valence-corrected chi connectivity index (χ1v) is 6.75. The van der Waals surface area contributed by atoms with Gasteiger partial charge in [-0.2, -0.15) is 0 Å². The van der Waals surface area contributed by atoms with E-state index < -0.39 is 0 Å². The summed E-state index contributed by atoms with van der Waals surface area (Å²) in [6.45, 7) is 2.21. The first-order valence-electron chi connectivity index (χ1n) is 6.75.